The van der Waals surface area contributed by atoms with Crippen molar-refractivity contribution in [2.24, 2.45) is 5.92 Å². The summed E-state index contributed by atoms with van der Waals surface area (Å²) >= 11 is 0. The van der Waals surface area contributed by atoms with Gasteiger partial charge in [0.05, 0.1) is 0 Å². The van der Waals surface area contributed by atoms with Gasteiger partial charge in [0.2, 0.25) is 0 Å². The third-order valence-electron chi connectivity index (χ3n) is 3.72. The topological polar surface area (TPSA) is 49.4 Å². The van der Waals surface area contributed by atoms with Crippen LogP contribution in [0.4, 0.5) is 4.39 Å². The van der Waals surface area contributed by atoms with E-state index < -0.39 is 10.2 Å². The zero-order valence-corrected chi connectivity index (χ0v) is 12.5. The molecule has 4 nitrogen and oxygen atoms in total. The summed E-state index contributed by atoms with van der Waals surface area (Å²) in [5, 5.41) is 0. The highest BCUT2D eigenvalue weighted by Crippen LogP contribution is 2.17. The highest BCUT2D eigenvalue weighted by Gasteiger charge is 2.25. The van der Waals surface area contributed by atoms with Gasteiger partial charge in [-0.15, -0.1) is 0 Å². The van der Waals surface area contributed by atoms with Crippen molar-refractivity contribution in [1.29, 1.82) is 0 Å². The van der Waals surface area contributed by atoms with E-state index in [1.807, 2.05) is 0 Å². The zero-order chi connectivity index (χ0) is 14.6. The third kappa shape index (κ3) is 4.01. The van der Waals surface area contributed by atoms with Crippen LogP contribution in [0.3, 0.4) is 0 Å². The number of rotatable bonds is 5. The Hall–Kier alpha value is -0.980. The zero-order valence-electron chi connectivity index (χ0n) is 11.7. The summed E-state index contributed by atoms with van der Waals surface area (Å²) in [6.07, 6.45) is 2.15. The minimum Gasteiger partial charge on any atom is -0.207 e. The smallest absolute Gasteiger partial charge is 0.207 e. The van der Waals surface area contributed by atoms with Crippen LogP contribution in [0, 0.1) is 11.7 Å². The lowest BCUT2D eigenvalue weighted by atomic mass is 10.0. The molecule has 0 unspecified atom stereocenters. The van der Waals surface area contributed by atoms with Crippen molar-refractivity contribution in [2.45, 2.75) is 26.2 Å². The lowest BCUT2D eigenvalue weighted by Crippen LogP contribution is -2.45. The van der Waals surface area contributed by atoms with Gasteiger partial charge in [-0.2, -0.15) is 12.7 Å². The maximum atomic E-state index is 13.4. The molecule has 1 heterocycles. The van der Waals surface area contributed by atoms with Gasteiger partial charge in [-0.05, 0) is 36.8 Å². The second kappa shape index (κ2) is 6.65. The molecule has 0 aliphatic carbocycles. The van der Waals surface area contributed by atoms with Crippen LogP contribution in [-0.2, 0) is 16.6 Å². The molecule has 1 aliphatic heterocycles. The molecule has 0 aromatic heterocycles. The Labute approximate surface area is 120 Å². The highest BCUT2D eigenvalue weighted by molar-refractivity contribution is 7.87. The van der Waals surface area contributed by atoms with Crippen molar-refractivity contribution in [3.8, 4) is 0 Å². The van der Waals surface area contributed by atoms with Gasteiger partial charge in [0.15, 0.2) is 0 Å². The third-order valence-corrected chi connectivity index (χ3v) is 5.33. The van der Waals surface area contributed by atoms with Crippen LogP contribution in [0.25, 0.3) is 0 Å². The molecule has 1 fully saturated rings. The van der Waals surface area contributed by atoms with Gasteiger partial charge in [0.1, 0.15) is 5.82 Å². The largest absolute Gasteiger partial charge is 0.279 e. The summed E-state index contributed by atoms with van der Waals surface area (Å²) in [6.45, 7) is 3.48. The lowest BCUT2D eigenvalue weighted by Gasteiger charge is -2.29. The maximum Gasteiger partial charge on any atom is 0.279 e. The standard InChI is InChI=1S/C14H21FN2O2S/c1-12-7-10-17(11-8-12)20(18,19)16-9-6-13-4-2-3-5-14(13)15/h2-5,12,16H,6-11H2,1H3. The SMILES string of the molecule is CC1CCN(S(=O)(=O)NCCc2ccccc2F)CC1. The Bertz CT molecular complexity index is 540. The van der Waals surface area contributed by atoms with E-state index in [-0.39, 0.29) is 12.4 Å². The molecule has 0 saturated carbocycles. The molecule has 1 aromatic carbocycles. The first-order chi connectivity index (χ1) is 9.49. The summed E-state index contributed by atoms with van der Waals surface area (Å²) in [6, 6.07) is 6.43. The lowest BCUT2D eigenvalue weighted by molar-refractivity contribution is 0.285. The molecule has 1 N–H and O–H groups in total. The number of hydrogen-bond acceptors (Lipinski definition) is 2. The Morgan fingerprint density at radius 3 is 2.60 bits per heavy atom. The molecule has 112 valence electrons. The molecule has 0 atom stereocenters. The molecular weight excluding hydrogens is 279 g/mol. The van der Waals surface area contributed by atoms with Crippen LogP contribution < -0.4 is 4.72 Å². The Balaban J connectivity index is 1.85. The number of benzene rings is 1. The van der Waals surface area contributed by atoms with E-state index in [0.29, 0.717) is 31.0 Å². The maximum absolute atomic E-state index is 13.4. The van der Waals surface area contributed by atoms with Crippen molar-refractivity contribution in [3.63, 3.8) is 0 Å². The van der Waals surface area contributed by atoms with Gasteiger partial charge < -0.3 is 0 Å². The van der Waals surface area contributed by atoms with Gasteiger partial charge in [-0.25, -0.2) is 9.11 Å². The quantitative estimate of drug-likeness (QED) is 0.903. The Morgan fingerprint density at radius 2 is 1.95 bits per heavy atom. The van der Waals surface area contributed by atoms with Crippen LogP contribution in [-0.4, -0.2) is 32.4 Å². The van der Waals surface area contributed by atoms with E-state index in [0.717, 1.165) is 12.8 Å². The van der Waals surface area contributed by atoms with E-state index >= 15 is 0 Å². The number of piperidine rings is 1. The van der Waals surface area contributed by atoms with Gasteiger partial charge in [-0.1, -0.05) is 25.1 Å². The summed E-state index contributed by atoms with van der Waals surface area (Å²) < 4.78 is 41.6. The minimum absolute atomic E-state index is 0.218. The van der Waals surface area contributed by atoms with Gasteiger partial charge in [0, 0.05) is 19.6 Å². The molecule has 1 saturated heterocycles. The average Bonchev–Trinajstić information content (AvgIpc) is 2.41. The molecule has 0 spiro atoms. The fourth-order valence-corrected chi connectivity index (χ4v) is 3.57. The van der Waals surface area contributed by atoms with Gasteiger partial charge in [-0.3, -0.25) is 0 Å². The number of hydrogen-bond donors (Lipinski definition) is 1. The van der Waals surface area contributed by atoms with Crippen LogP contribution >= 0.6 is 0 Å². The molecule has 1 aliphatic rings. The van der Waals surface area contributed by atoms with Crippen molar-refractivity contribution in [2.75, 3.05) is 19.6 Å². The van der Waals surface area contributed by atoms with Crippen molar-refractivity contribution in [3.05, 3.63) is 35.6 Å². The first kappa shape index (κ1) is 15.4. The molecular formula is C14H21FN2O2S. The predicted molar refractivity (Wildman–Crippen MR) is 77.0 cm³/mol. The van der Waals surface area contributed by atoms with E-state index in [4.69, 9.17) is 0 Å². The Morgan fingerprint density at radius 1 is 1.30 bits per heavy atom. The fraction of sp³-hybridized carbons (Fsp3) is 0.571. The van der Waals surface area contributed by atoms with Crippen LogP contribution in [0.2, 0.25) is 0 Å². The molecule has 6 heteroatoms. The van der Waals surface area contributed by atoms with Gasteiger partial charge >= 0.3 is 0 Å². The van der Waals surface area contributed by atoms with E-state index in [1.54, 1.807) is 18.2 Å². The van der Waals surface area contributed by atoms with Crippen LogP contribution in [0.15, 0.2) is 24.3 Å². The normalized spacial score (nSPS) is 18.3. The van der Waals surface area contributed by atoms with Crippen molar-refractivity contribution < 1.29 is 12.8 Å². The van der Waals surface area contributed by atoms with E-state index in [1.165, 1.54) is 10.4 Å². The molecule has 0 radical (unpaired) electrons. The first-order valence-corrected chi connectivity index (χ1v) is 8.41. The monoisotopic (exact) mass is 300 g/mol. The fourth-order valence-electron chi connectivity index (χ4n) is 2.33. The first-order valence-electron chi connectivity index (χ1n) is 6.97. The average molecular weight is 300 g/mol. The second-order valence-electron chi connectivity index (χ2n) is 5.32. The number of nitrogens with zero attached hydrogens (tertiary/aromatic N) is 1. The summed E-state index contributed by atoms with van der Waals surface area (Å²) in [5.74, 6) is 0.290. The highest BCUT2D eigenvalue weighted by atomic mass is 32.2. The van der Waals surface area contributed by atoms with E-state index in [2.05, 4.69) is 11.6 Å². The molecule has 20 heavy (non-hydrogen) atoms. The summed E-state index contributed by atoms with van der Waals surface area (Å²) in [5.41, 5.74) is 0.530. The Kier molecular flexibility index (Phi) is 5.12. The molecule has 1 aromatic rings. The molecule has 0 bridgehead atoms. The van der Waals surface area contributed by atoms with Crippen LogP contribution in [0.1, 0.15) is 25.3 Å². The molecule has 0 amide bonds. The second-order valence-corrected chi connectivity index (χ2v) is 7.08. The number of halogens is 1. The molecule has 2 rings (SSSR count). The minimum atomic E-state index is -3.43. The summed E-state index contributed by atoms with van der Waals surface area (Å²) in [7, 11) is -3.43. The van der Waals surface area contributed by atoms with Crippen molar-refractivity contribution >= 4 is 10.2 Å². The summed E-state index contributed by atoms with van der Waals surface area (Å²) in [4.78, 5) is 0. The van der Waals surface area contributed by atoms with E-state index in [9.17, 15) is 12.8 Å². The van der Waals surface area contributed by atoms with Crippen LogP contribution in [0.5, 0.6) is 0 Å². The predicted octanol–water partition coefficient (Wildman–Crippen LogP) is 1.93. The number of nitrogens with one attached hydrogen (secondary N) is 1. The van der Waals surface area contributed by atoms with Crippen molar-refractivity contribution in [1.82, 2.24) is 9.03 Å². The van der Waals surface area contributed by atoms with Gasteiger partial charge in [0.25, 0.3) is 10.2 Å².